The van der Waals surface area contributed by atoms with Gasteiger partial charge < -0.3 is 14.7 Å². The maximum Gasteiger partial charge on any atom is 0.335 e. The monoisotopic (exact) mass is 296 g/mol. The molecule has 112 valence electrons. The van der Waals surface area contributed by atoms with Crippen molar-refractivity contribution in [3.8, 4) is 5.75 Å². The number of ether oxygens (including phenoxy) is 1. The molecule has 1 aliphatic rings. The Morgan fingerprint density at radius 2 is 2.05 bits per heavy atom. The molecular formula is C17H16N2O3. The average Bonchev–Trinajstić information content (AvgIpc) is 2.55. The minimum atomic E-state index is -0.932. The predicted octanol–water partition coefficient (Wildman–Crippen LogP) is 3.07. The van der Waals surface area contributed by atoms with Crippen LogP contribution >= 0.6 is 0 Å². The summed E-state index contributed by atoms with van der Waals surface area (Å²) < 4.78 is 5.15. The van der Waals surface area contributed by atoms with Crippen molar-refractivity contribution in [2.24, 2.45) is 4.99 Å². The fourth-order valence-electron chi connectivity index (χ4n) is 2.42. The summed E-state index contributed by atoms with van der Waals surface area (Å²) in [5.74, 6) is -0.0960. The number of rotatable bonds is 4. The highest BCUT2D eigenvalue weighted by Gasteiger charge is 2.14. The number of aromatic carboxylic acids is 1. The van der Waals surface area contributed by atoms with E-state index < -0.39 is 5.97 Å². The number of methoxy groups -OCH3 is 1. The molecule has 2 aromatic carbocycles. The van der Waals surface area contributed by atoms with E-state index in [9.17, 15) is 4.79 Å². The van der Waals surface area contributed by atoms with Crippen molar-refractivity contribution >= 4 is 18.0 Å². The van der Waals surface area contributed by atoms with Gasteiger partial charge in [-0.25, -0.2) is 9.79 Å². The molecule has 0 saturated carbocycles. The maximum absolute atomic E-state index is 11.0. The van der Waals surface area contributed by atoms with E-state index in [1.165, 1.54) is 0 Å². The molecule has 5 nitrogen and oxygen atoms in total. The molecule has 0 aliphatic carbocycles. The Kier molecular flexibility index (Phi) is 3.78. The van der Waals surface area contributed by atoms with Crippen molar-refractivity contribution in [2.45, 2.75) is 13.1 Å². The second-order valence-electron chi connectivity index (χ2n) is 5.15. The van der Waals surface area contributed by atoms with Crippen molar-refractivity contribution in [2.75, 3.05) is 7.11 Å². The molecule has 0 radical (unpaired) electrons. The van der Waals surface area contributed by atoms with Crippen LogP contribution in [0.1, 0.15) is 21.5 Å². The standard InChI is InChI=1S/C17H16N2O3/c1-22-15-6-2-12(3-7-15)9-19-10-14-5-4-13(17(20)21)8-16(14)18-11-19/h2-8,11H,9-10H2,1H3,(H,20,21). The molecular weight excluding hydrogens is 280 g/mol. The normalized spacial score (nSPS) is 12.9. The second-order valence-corrected chi connectivity index (χ2v) is 5.15. The van der Waals surface area contributed by atoms with Gasteiger partial charge in [0.15, 0.2) is 0 Å². The maximum atomic E-state index is 11.0. The van der Waals surface area contributed by atoms with Crippen LogP contribution in [0.25, 0.3) is 0 Å². The average molecular weight is 296 g/mol. The van der Waals surface area contributed by atoms with Crippen LogP contribution in [0.3, 0.4) is 0 Å². The second kappa shape index (κ2) is 5.89. The molecule has 1 heterocycles. The van der Waals surface area contributed by atoms with Crippen LogP contribution in [0, 0.1) is 0 Å². The number of hydrogen-bond acceptors (Lipinski definition) is 4. The zero-order chi connectivity index (χ0) is 15.5. The zero-order valence-electron chi connectivity index (χ0n) is 12.2. The Hall–Kier alpha value is -2.82. The lowest BCUT2D eigenvalue weighted by Gasteiger charge is -2.24. The third-order valence-corrected chi connectivity index (χ3v) is 3.61. The molecule has 0 aromatic heterocycles. The third kappa shape index (κ3) is 2.93. The van der Waals surface area contributed by atoms with Crippen LogP contribution in [0.5, 0.6) is 5.75 Å². The highest BCUT2D eigenvalue weighted by Crippen LogP contribution is 2.26. The van der Waals surface area contributed by atoms with Gasteiger partial charge in [0.1, 0.15) is 5.75 Å². The van der Waals surface area contributed by atoms with Gasteiger partial charge in [0.25, 0.3) is 0 Å². The molecule has 1 N–H and O–H groups in total. The molecule has 22 heavy (non-hydrogen) atoms. The van der Waals surface area contributed by atoms with Crippen molar-refractivity contribution in [1.29, 1.82) is 0 Å². The summed E-state index contributed by atoms with van der Waals surface area (Å²) in [4.78, 5) is 17.4. The summed E-state index contributed by atoms with van der Waals surface area (Å²) in [5, 5.41) is 9.00. The summed E-state index contributed by atoms with van der Waals surface area (Å²) in [6.45, 7) is 1.46. The first-order valence-corrected chi connectivity index (χ1v) is 6.93. The molecule has 5 heteroatoms. The Balaban J connectivity index is 1.73. The van der Waals surface area contributed by atoms with Crippen LogP contribution in [0.4, 0.5) is 5.69 Å². The van der Waals surface area contributed by atoms with Gasteiger partial charge in [-0.15, -0.1) is 0 Å². The van der Waals surface area contributed by atoms with E-state index >= 15 is 0 Å². The lowest BCUT2D eigenvalue weighted by Crippen LogP contribution is -2.23. The first-order chi connectivity index (χ1) is 10.7. The number of carbonyl (C=O) groups is 1. The highest BCUT2D eigenvalue weighted by atomic mass is 16.5. The molecule has 1 aliphatic heterocycles. The topological polar surface area (TPSA) is 62.1 Å². The Bertz CT molecular complexity index is 723. The molecule has 0 saturated heterocycles. The summed E-state index contributed by atoms with van der Waals surface area (Å²) in [5.41, 5.74) is 3.18. The van der Waals surface area contributed by atoms with Gasteiger partial charge in [-0.1, -0.05) is 18.2 Å². The number of fused-ring (bicyclic) bond motifs is 1. The van der Waals surface area contributed by atoms with E-state index in [2.05, 4.69) is 9.89 Å². The molecule has 0 atom stereocenters. The number of benzene rings is 2. The Morgan fingerprint density at radius 1 is 1.27 bits per heavy atom. The molecule has 0 spiro atoms. The minimum Gasteiger partial charge on any atom is -0.497 e. The van der Waals surface area contributed by atoms with E-state index in [0.717, 1.165) is 29.1 Å². The lowest BCUT2D eigenvalue weighted by molar-refractivity contribution is 0.0697. The first kappa shape index (κ1) is 14.1. The van der Waals surface area contributed by atoms with Gasteiger partial charge >= 0.3 is 5.97 Å². The summed E-state index contributed by atoms with van der Waals surface area (Å²) in [6, 6.07) is 13.0. The summed E-state index contributed by atoms with van der Waals surface area (Å²) in [7, 11) is 1.65. The molecule has 0 amide bonds. The van der Waals surface area contributed by atoms with Crippen LogP contribution in [0.15, 0.2) is 47.5 Å². The number of carboxylic acid groups (broad SMARTS) is 1. The van der Waals surface area contributed by atoms with Gasteiger partial charge in [0, 0.05) is 13.1 Å². The van der Waals surface area contributed by atoms with E-state index in [1.807, 2.05) is 30.3 Å². The van der Waals surface area contributed by atoms with E-state index in [4.69, 9.17) is 9.84 Å². The quantitative estimate of drug-likeness (QED) is 0.942. The van der Waals surface area contributed by atoms with Gasteiger partial charge in [-0.05, 0) is 35.4 Å². The van der Waals surface area contributed by atoms with Crippen LogP contribution in [-0.4, -0.2) is 29.4 Å². The van der Waals surface area contributed by atoms with E-state index in [1.54, 1.807) is 25.6 Å². The molecule has 0 unspecified atom stereocenters. The predicted molar refractivity (Wildman–Crippen MR) is 83.8 cm³/mol. The first-order valence-electron chi connectivity index (χ1n) is 6.93. The number of nitrogens with zero attached hydrogens (tertiary/aromatic N) is 2. The summed E-state index contributed by atoms with van der Waals surface area (Å²) >= 11 is 0. The third-order valence-electron chi connectivity index (χ3n) is 3.61. The van der Waals surface area contributed by atoms with Gasteiger partial charge in [0.05, 0.1) is 24.7 Å². The van der Waals surface area contributed by atoms with Crippen LogP contribution in [0.2, 0.25) is 0 Å². The lowest BCUT2D eigenvalue weighted by atomic mass is 10.1. The molecule has 0 bridgehead atoms. The smallest absolute Gasteiger partial charge is 0.335 e. The largest absolute Gasteiger partial charge is 0.497 e. The van der Waals surface area contributed by atoms with Crippen molar-refractivity contribution < 1.29 is 14.6 Å². The Morgan fingerprint density at radius 3 is 2.73 bits per heavy atom. The fourth-order valence-corrected chi connectivity index (χ4v) is 2.42. The van der Waals surface area contributed by atoms with Crippen molar-refractivity contribution in [3.63, 3.8) is 0 Å². The number of carboxylic acids is 1. The van der Waals surface area contributed by atoms with E-state index in [-0.39, 0.29) is 5.56 Å². The number of aliphatic imine (C=N–C) groups is 1. The fraction of sp³-hybridized carbons (Fsp3) is 0.176. The Labute approximate surface area is 128 Å². The molecule has 3 rings (SSSR count). The van der Waals surface area contributed by atoms with Crippen LogP contribution < -0.4 is 4.74 Å². The summed E-state index contributed by atoms with van der Waals surface area (Å²) in [6.07, 6.45) is 1.76. The van der Waals surface area contributed by atoms with Crippen molar-refractivity contribution in [3.05, 3.63) is 59.2 Å². The van der Waals surface area contributed by atoms with E-state index in [0.29, 0.717) is 6.54 Å². The highest BCUT2D eigenvalue weighted by molar-refractivity contribution is 5.89. The molecule has 0 fully saturated rings. The molecule has 2 aromatic rings. The van der Waals surface area contributed by atoms with Gasteiger partial charge in [-0.2, -0.15) is 0 Å². The van der Waals surface area contributed by atoms with Crippen molar-refractivity contribution in [1.82, 2.24) is 4.90 Å². The van der Waals surface area contributed by atoms with Gasteiger partial charge in [-0.3, -0.25) is 0 Å². The minimum absolute atomic E-state index is 0.263. The number of hydrogen-bond donors (Lipinski definition) is 1. The van der Waals surface area contributed by atoms with Gasteiger partial charge in [0.2, 0.25) is 0 Å². The van der Waals surface area contributed by atoms with Crippen LogP contribution in [-0.2, 0) is 13.1 Å². The zero-order valence-corrected chi connectivity index (χ0v) is 12.2. The SMILES string of the molecule is COc1ccc(CN2C=Nc3cc(C(=O)O)ccc3C2)cc1.